The van der Waals surface area contributed by atoms with Gasteiger partial charge in [0.2, 0.25) is 0 Å². The minimum absolute atomic E-state index is 0.136. The van der Waals surface area contributed by atoms with Crippen molar-refractivity contribution in [3.63, 3.8) is 0 Å². The van der Waals surface area contributed by atoms with E-state index < -0.39 is 21.7 Å². The Labute approximate surface area is 169 Å². The van der Waals surface area contributed by atoms with E-state index in [0.29, 0.717) is 11.6 Å². The molecule has 3 rings (SSSR count). The van der Waals surface area contributed by atoms with E-state index in [0.717, 1.165) is 11.6 Å². The normalized spacial score (nSPS) is 11.3. The highest BCUT2D eigenvalue weighted by Crippen LogP contribution is 2.21. The summed E-state index contributed by atoms with van der Waals surface area (Å²) in [7, 11) is -4.05. The predicted octanol–water partition coefficient (Wildman–Crippen LogP) is 5.00. The number of halogens is 1. The number of rotatable bonds is 6. The number of hydrogen-bond acceptors (Lipinski definition) is 3. The first-order valence-corrected chi connectivity index (χ1v) is 10.5. The molecule has 150 valence electrons. The summed E-state index contributed by atoms with van der Waals surface area (Å²) in [6.07, 6.45) is 0. The Kier molecular flexibility index (Phi) is 5.98. The van der Waals surface area contributed by atoms with Crippen molar-refractivity contribution >= 4 is 27.3 Å². The van der Waals surface area contributed by atoms with E-state index in [1.165, 1.54) is 42.5 Å². The molecule has 3 aromatic carbocycles. The zero-order valence-corrected chi connectivity index (χ0v) is 16.8. The van der Waals surface area contributed by atoms with Gasteiger partial charge in [0.1, 0.15) is 5.82 Å². The summed E-state index contributed by atoms with van der Waals surface area (Å²) >= 11 is 0. The molecular formula is C22H21FN2O3S. The van der Waals surface area contributed by atoms with Gasteiger partial charge >= 0.3 is 0 Å². The summed E-state index contributed by atoms with van der Waals surface area (Å²) in [6.45, 7) is 4.16. The molecule has 0 radical (unpaired) electrons. The zero-order chi connectivity index (χ0) is 21.0. The second kappa shape index (κ2) is 8.45. The highest BCUT2D eigenvalue weighted by atomic mass is 32.2. The van der Waals surface area contributed by atoms with Crippen molar-refractivity contribution in [2.75, 3.05) is 10.0 Å². The zero-order valence-electron chi connectivity index (χ0n) is 16.0. The summed E-state index contributed by atoms with van der Waals surface area (Å²) in [5, 5.41) is 2.75. The van der Waals surface area contributed by atoms with Gasteiger partial charge < -0.3 is 5.32 Å². The summed E-state index contributed by atoms with van der Waals surface area (Å²) in [6, 6.07) is 18.5. The van der Waals surface area contributed by atoms with Crippen LogP contribution in [-0.4, -0.2) is 14.3 Å². The number of carbonyl (C=O) groups excluding carboxylic acids is 1. The summed E-state index contributed by atoms with van der Waals surface area (Å²) < 4.78 is 41.1. The predicted molar refractivity (Wildman–Crippen MR) is 112 cm³/mol. The number of sulfonamides is 1. The number of amides is 1. The van der Waals surface area contributed by atoms with Crippen LogP contribution in [0.4, 0.5) is 15.8 Å². The van der Waals surface area contributed by atoms with E-state index in [4.69, 9.17) is 0 Å². The van der Waals surface area contributed by atoms with Gasteiger partial charge in [-0.2, -0.15) is 0 Å². The van der Waals surface area contributed by atoms with Gasteiger partial charge in [-0.05, 0) is 53.9 Å². The Balaban J connectivity index is 1.79. The quantitative estimate of drug-likeness (QED) is 0.598. The molecule has 7 heteroatoms. The Bertz CT molecular complexity index is 1130. The van der Waals surface area contributed by atoms with Crippen LogP contribution in [-0.2, 0) is 10.0 Å². The minimum atomic E-state index is -4.05. The second-order valence-corrected chi connectivity index (χ2v) is 8.53. The van der Waals surface area contributed by atoms with E-state index >= 15 is 0 Å². The molecule has 29 heavy (non-hydrogen) atoms. The molecule has 0 aliphatic rings. The molecule has 0 saturated heterocycles. The third-order valence-corrected chi connectivity index (χ3v) is 5.72. The summed E-state index contributed by atoms with van der Waals surface area (Å²) in [5.74, 6) is -0.747. The number of nitrogens with one attached hydrogen (secondary N) is 2. The first-order valence-electron chi connectivity index (χ1n) is 9.05. The van der Waals surface area contributed by atoms with Gasteiger partial charge in [0, 0.05) is 11.3 Å². The summed E-state index contributed by atoms with van der Waals surface area (Å²) in [4.78, 5) is 12.4. The molecule has 3 aromatic rings. The lowest BCUT2D eigenvalue weighted by molar-refractivity contribution is 0.102. The van der Waals surface area contributed by atoms with E-state index in [-0.39, 0.29) is 16.1 Å². The van der Waals surface area contributed by atoms with Gasteiger partial charge in [-0.1, -0.05) is 44.2 Å². The summed E-state index contributed by atoms with van der Waals surface area (Å²) in [5.41, 5.74) is 1.77. The topological polar surface area (TPSA) is 75.3 Å². The number of carbonyl (C=O) groups is 1. The molecule has 0 aromatic heterocycles. The monoisotopic (exact) mass is 412 g/mol. The van der Waals surface area contributed by atoms with Gasteiger partial charge in [-0.15, -0.1) is 0 Å². The molecule has 5 nitrogen and oxygen atoms in total. The first kappa shape index (κ1) is 20.5. The van der Waals surface area contributed by atoms with Gasteiger partial charge in [0.05, 0.1) is 10.6 Å². The highest BCUT2D eigenvalue weighted by Gasteiger charge is 2.18. The maximum absolute atomic E-state index is 13.8. The van der Waals surface area contributed by atoms with Crippen molar-refractivity contribution < 1.29 is 17.6 Å². The first-order chi connectivity index (χ1) is 13.8. The third-order valence-electron chi connectivity index (χ3n) is 4.36. The molecule has 0 atom stereocenters. The Morgan fingerprint density at radius 1 is 0.931 bits per heavy atom. The maximum atomic E-state index is 13.8. The van der Waals surface area contributed by atoms with Gasteiger partial charge in [-0.3, -0.25) is 9.52 Å². The molecule has 2 N–H and O–H groups in total. The second-order valence-electron chi connectivity index (χ2n) is 6.84. The van der Waals surface area contributed by atoms with Crippen LogP contribution in [0.15, 0.2) is 77.7 Å². The standard InChI is InChI=1S/C22H21FN2O3S/c1-15(2)16-10-12-18(13-11-16)24-22(26)17-6-5-7-19(14-17)29(27,28)25-21-9-4-3-8-20(21)23/h3-15,25H,1-2H3,(H,24,26). The Morgan fingerprint density at radius 3 is 2.28 bits per heavy atom. The van der Waals surface area contributed by atoms with E-state index in [1.807, 2.05) is 12.1 Å². The van der Waals surface area contributed by atoms with Crippen LogP contribution in [0.2, 0.25) is 0 Å². The fourth-order valence-corrected chi connectivity index (χ4v) is 3.82. The average Bonchev–Trinajstić information content (AvgIpc) is 2.70. The molecular weight excluding hydrogens is 391 g/mol. The van der Waals surface area contributed by atoms with Crippen LogP contribution >= 0.6 is 0 Å². The van der Waals surface area contributed by atoms with Crippen molar-refractivity contribution in [2.45, 2.75) is 24.7 Å². The lowest BCUT2D eigenvalue weighted by atomic mass is 10.0. The van der Waals surface area contributed by atoms with Crippen molar-refractivity contribution in [3.8, 4) is 0 Å². The van der Waals surface area contributed by atoms with E-state index in [9.17, 15) is 17.6 Å². The fourth-order valence-electron chi connectivity index (χ4n) is 2.71. The van der Waals surface area contributed by atoms with Crippen LogP contribution in [0.5, 0.6) is 0 Å². The van der Waals surface area contributed by atoms with E-state index in [1.54, 1.807) is 12.1 Å². The van der Waals surface area contributed by atoms with Gasteiger partial charge in [0.25, 0.3) is 15.9 Å². The third kappa shape index (κ3) is 5.00. The molecule has 0 fully saturated rings. The SMILES string of the molecule is CC(C)c1ccc(NC(=O)c2cccc(S(=O)(=O)Nc3ccccc3F)c2)cc1. The smallest absolute Gasteiger partial charge is 0.262 e. The highest BCUT2D eigenvalue weighted by molar-refractivity contribution is 7.92. The minimum Gasteiger partial charge on any atom is -0.322 e. The average molecular weight is 412 g/mol. The number of para-hydroxylation sites is 1. The lowest BCUT2D eigenvalue weighted by Gasteiger charge is -2.11. The van der Waals surface area contributed by atoms with Crippen molar-refractivity contribution in [1.82, 2.24) is 0 Å². The fraction of sp³-hybridized carbons (Fsp3) is 0.136. The van der Waals surface area contributed by atoms with Crippen LogP contribution in [0.1, 0.15) is 35.7 Å². The van der Waals surface area contributed by atoms with Crippen LogP contribution in [0, 0.1) is 5.82 Å². The maximum Gasteiger partial charge on any atom is 0.262 e. The van der Waals surface area contributed by atoms with Crippen molar-refractivity contribution in [3.05, 3.63) is 89.7 Å². The van der Waals surface area contributed by atoms with Crippen LogP contribution in [0.25, 0.3) is 0 Å². The lowest BCUT2D eigenvalue weighted by Crippen LogP contribution is -2.16. The molecule has 0 unspecified atom stereocenters. The molecule has 0 aliphatic heterocycles. The molecule has 0 saturated carbocycles. The van der Waals surface area contributed by atoms with E-state index in [2.05, 4.69) is 23.9 Å². The number of anilines is 2. The van der Waals surface area contributed by atoms with Gasteiger partial charge in [0.15, 0.2) is 0 Å². The molecule has 0 aliphatic carbocycles. The largest absolute Gasteiger partial charge is 0.322 e. The van der Waals surface area contributed by atoms with Crippen molar-refractivity contribution in [1.29, 1.82) is 0 Å². The van der Waals surface area contributed by atoms with Crippen molar-refractivity contribution in [2.24, 2.45) is 0 Å². The molecule has 0 bridgehead atoms. The van der Waals surface area contributed by atoms with Gasteiger partial charge in [-0.25, -0.2) is 12.8 Å². The molecule has 0 spiro atoms. The number of benzene rings is 3. The number of hydrogen-bond donors (Lipinski definition) is 2. The van der Waals surface area contributed by atoms with Crippen LogP contribution in [0.3, 0.4) is 0 Å². The molecule has 1 amide bonds. The molecule has 0 heterocycles. The Morgan fingerprint density at radius 2 is 1.62 bits per heavy atom. The Hall–Kier alpha value is -3.19. The van der Waals surface area contributed by atoms with Crippen LogP contribution < -0.4 is 10.0 Å².